The van der Waals surface area contributed by atoms with E-state index in [-0.39, 0.29) is 37.2 Å². The summed E-state index contributed by atoms with van der Waals surface area (Å²) < 4.78 is 0. The van der Waals surface area contributed by atoms with Gasteiger partial charge in [-0.1, -0.05) is 36.4 Å². The molecule has 0 aromatic carbocycles. The molecule has 0 aliphatic rings. The summed E-state index contributed by atoms with van der Waals surface area (Å²) in [5, 5.41) is 19.0. The second-order valence-electron chi connectivity index (χ2n) is 14.1. The molecule has 354 valence electrons. The molecule has 6 aromatic heterocycles. The minimum atomic E-state index is 0. The SMILES string of the molecule is CN(C)CCN=C(Nc1ccccn1)Nc1ccccn1.CN(C)CCN=C(Nc1ccccn1)Nc1ccccn1.CN(C)CCN=C(Nc1ccccn1)Nc1ccccn1.[Cl-].[Cl-].[Cl-]. The van der Waals surface area contributed by atoms with Gasteiger partial charge in [-0.25, -0.2) is 29.9 Å². The minimum Gasteiger partial charge on any atom is -1.00 e. The maximum Gasteiger partial charge on any atom is 0.202 e. The van der Waals surface area contributed by atoms with Gasteiger partial charge in [-0.15, -0.1) is 0 Å². The van der Waals surface area contributed by atoms with Crippen molar-refractivity contribution in [3.63, 3.8) is 0 Å². The Kier molecular flexibility index (Phi) is 30.3. The Balaban J connectivity index is 0.000000484. The van der Waals surface area contributed by atoms with Crippen LogP contribution in [0, 0.1) is 0 Å². The van der Waals surface area contributed by atoms with E-state index in [4.69, 9.17) is 0 Å². The quantitative estimate of drug-likeness (QED) is 0.0444. The predicted octanol–water partition coefficient (Wildman–Crippen LogP) is -3.23. The maximum absolute atomic E-state index is 4.53. The van der Waals surface area contributed by atoms with E-state index >= 15 is 0 Å². The average Bonchev–Trinajstić information content (AvgIpc) is 3.28. The number of anilines is 6. The van der Waals surface area contributed by atoms with Gasteiger partial charge in [-0.05, 0) is 115 Å². The monoisotopic (exact) mass is 957 g/mol. The molecule has 0 bridgehead atoms. The summed E-state index contributed by atoms with van der Waals surface area (Å²) in [5.41, 5.74) is 0. The highest BCUT2D eigenvalue weighted by Gasteiger charge is 2.05. The number of halogens is 3. The topological polar surface area (TPSA) is 196 Å². The molecule has 0 atom stereocenters. The van der Waals surface area contributed by atoms with Crippen LogP contribution in [-0.2, 0) is 0 Å². The van der Waals surface area contributed by atoms with Gasteiger partial charge in [0.05, 0.1) is 19.6 Å². The summed E-state index contributed by atoms with van der Waals surface area (Å²) in [5.74, 6) is 6.34. The first-order valence-corrected chi connectivity index (χ1v) is 20.4. The summed E-state index contributed by atoms with van der Waals surface area (Å²) in [6, 6.07) is 34.1. The van der Waals surface area contributed by atoms with Crippen LogP contribution in [0.4, 0.5) is 34.9 Å². The third-order valence-electron chi connectivity index (χ3n) is 7.92. The molecule has 0 aliphatic carbocycles. The summed E-state index contributed by atoms with van der Waals surface area (Å²) in [7, 11) is 12.1. The first-order chi connectivity index (χ1) is 30.7. The number of likely N-dealkylation sites (N-methyl/N-ethyl adjacent to an activating group) is 3. The largest absolute Gasteiger partial charge is 1.00 e. The highest BCUT2D eigenvalue weighted by molar-refractivity contribution is 6.03. The van der Waals surface area contributed by atoms with Crippen molar-refractivity contribution < 1.29 is 37.2 Å². The molecule has 0 saturated carbocycles. The lowest BCUT2D eigenvalue weighted by Gasteiger charge is -2.12. The Labute approximate surface area is 407 Å². The number of hydrogen-bond acceptors (Lipinski definition) is 12. The van der Waals surface area contributed by atoms with Crippen LogP contribution in [0.3, 0.4) is 0 Å². The fourth-order valence-corrected chi connectivity index (χ4v) is 4.76. The van der Waals surface area contributed by atoms with Gasteiger partial charge in [0, 0.05) is 56.8 Å². The van der Waals surface area contributed by atoms with Gasteiger partial charge in [0.2, 0.25) is 17.9 Å². The number of hydrogen-bond donors (Lipinski definition) is 6. The molecule has 6 aromatic rings. The number of aliphatic imine (C=N–C) groups is 3. The maximum atomic E-state index is 4.53. The zero-order chi connectivity index (χ0) is 44.7. The minimum absolute atomic E-state index is 0. The van der Waals surface area contributed by atoms with E-state index in [2.05, 4.69) is 91.5 Å². The lowest BCUT2D eigenvalue weighted by Crippen LogP contribution is -3.00. The van der Waals surface area contributed by atoms with Gasteiger partial charge in [0.25, 0.3) is 0 Å². The fraction of sp³-hybridized carbons (Fsp3) is 0.267. The van der Waals surface area contributed by atoms with Crippen molar-refractivity contribution in [2.24, 2.45) is 15.0 Å². The van der Waals surface area contributed by atoms with E-state index < -0.39 is 0 Å². The van der Waals surface area contributed by atoms with Crippen LogP contribution in [0.2, 0.25) is 0 Å². The number of pyridine rings is 6. The molecule has 0 fully saturated rings. The third-order valence-corrected chi connectivity index (χ3v) is 7.92. The van der Waals surface area contributed by atoms with Crippen molar-refractivity contribution in [3.8, 4) is 0 Å². The van der Waals surface area contributed by atoms with Crippen molar-refractivity contribution in [1.82, 2.24) is 44.6 Å². The molecule has 0 saturated heterocycles. The third kappa shape index (κ3) is 26.3. The number of rotatable bonds is 15. The average molecular weight is 959 g/mol. The van der Waals surface area contributed by atoms with Crippen LogP contribution in [0.5, 0.6) is 0 Å². The van der Waals surface area contributed by atoms with Gasteiger partial charge in [-0.3, -0.25) is 15.0 Å². The van der Waals surface area contributed by atoms with Gasteiger partial charge >= 0.3 is 0 Å². The molecule has 0 radical (unpaired) electrons. The molecule has 0 amide bonds. The molecule has 0 unspecified atom stereocenters. The standard InChI is InChI=1S/3C15H20N6.3ClH/c3*1-21(2)12-11-18-15(19-13-7-3-5-9-16-13)20-14-8-4-6-10-17-14;;;/h3*3-10H,11-12H2,1-2H3,(H2,16,17,18,19,20);3*1H/p-3. The van der Waals surface area contributed by atoms with Crippen LogP contribution in [-0.4, -0.2) is 144 Å². The molecular formula is C45H60Cl3N18-3. The lowest BCUT2D eigenvalue weighted by atomic mass is 10.4. The molecule has 6 rings (SSSR count). The summed E-state index contributed by atoms with van der Waals surface area (Å²) in [6.45, 7) is 4.66. The van der Waals surface area contributed by atoms with Crippen LogP contribution in [0.25, 0.3) is 0 Å². The zero-order valence-corrected chi connectivity index (χ0v) is 40.4. The molecule has 0 aliphatic heterocycles. The first kappa shape index (κ1) is 57.5. The summed E-state index contributed by atoms with van der Waals surface area (Å²) in [6.07, 6.45) is 10.4. The Morgan fingerprint density at radius 2 is 0.515 bits per heavy atom. The van der Waals surface area contributed by atoms with Gasteiger partial charge in [0.15, 0.2) is 0 Å². The van der Waals surface area contributed by atoms with Crippen LogP contribution < -0.4 is 69.1 Å². The number of aromatic nitrogens is 6. The van der Waals surface area contributed by atoms with E-state index in [0.29, 0.717) is 37.5 Å². The second kappa shape index (κ2) is 34.8. The molecule has 21 heteroatoms. The van der Waals surface area contributed by atoms with E-state index in [1.165, 1.54) is 0 Å². The smallest absolute Gasteiger partial charge is 0.202 e. The number of guanidine groups is 3. The zero-order valence-electron chi connectivity index (χ0n) is 38.1. The summed E-state index contributed by atoms with van der Waals surface area (Å²) in [4.78, 5) is 45.3. The van der Waals surface area contributed by atoms with Crippen LogP contribution in [0.15, 0.2) is 161 Å². The molecule has 6 N–H and O–H groups in total. The molecule has 18 nitrogen and oxygen atoms in total. The normalized spacial score (nSPS) is 9.77. The highest BCUT2D eigenvalue weighted by Crippen LogP contribution is 2.07. The van der Waals surface area contributed by atoms with Crippen molar-refractivity contribution >= 4 is 52.8 Å². The Bertz CT molecular complexity index is 1800. The molecule has 66 heavy (non-hydrogen) atoms. The first-order valence-electron chi connectivity index (χ1n) is 20.4. The Morgan fingerprint density at radius 3 is 0.652 bits per heavy atom. The fourth-order valence-electron chi connectivity index (χ4n) is 4.76. The highest BCUT2D eigenvalue weighted by atomic mass is 35.5. The van der Waals surface area contributed by atoms with Gasteiger partial charge in [-0.2, -0.15) is 0 Å². The summed E-state index contributed by atoms with van der Waals surface area (Å²) >= 11 is 0. The van der Waals surface area contributed by atoms with Crippen LogP contribution >= 0.6 is 0 Å². The van der Waals surface area contributed by atoms with Gasteiger partial charge < -0.3 is 83.8 Å². The van der Waals surface area contributed by atoms with E-state index in [0.717, 1.165) is 54.5 Å². The molecule has 6 heterocycles. The Hall–Kier alpha value is -6.54. The van der Waals surface area contributed by atoms with Gasteiger partial charge in [0.1, 0.15) is 34.9 Å². The van der Waals surface area contributed by atoms with E-state index in [1.807, 2.05) is 151 Å². The Morgan fingerprint density at radius 1 is 0.333 bits per heavy atom. The van der Waals surface area contributed by atoms with Crippen molar-refractivity contribution in [2.75, 3.05) is 113 Å². The number of nitrogens with one attached hydrogen (secondary N) is 6. The van der Waals surface area contributed by atoms with Crippen molar-refractivity contribution in [1.29, 1.82) is 0 Å². The number of nitrogens with zero attached hydrogens (tertiary/aromatic N) is 12. The lowest BCUT2D eigenvalue weighted by molar-refractivity contribution is -0.00100. The second-order valence-corrected chi connectivity index (χ2v) is 14.1. The van der Waals surface area contributed by atoms with Crippen molar-refractivity contribution in [3.05, 3.63) is 146 Å². The molecule has 0 spiro atoms. The van der Waals surface area contributed by atoms with Crippen LogP contribution in [0.1, 0.15) is 0 Å². The molecular weight excluding hydrogens is 899 g/mol. The van der Waals surface area contributed by atoms with E-state index in [9.17, 15) is 0 Å². The van der Waals surface area contributed by atoms with E-state index in [1.54, 1.807) is 37.2 Å². The predicted molar refractivity (Wildman–Crippen MR) is 260 cm³/mol. The van der Waals surface area contributed by atoms with Crippen molar-refractivity contribution in [2.45, 2.75) is 0 Å².